The number of carbonyl (C=O) groups excluding carboxylic acids is 2. The summed E-state index contributed by atoms with van der Waals surface area (Å²) in [5.74, 6) is 0.131. The summed E-state index contributed by atoms with van der Waals surface area (Å²) in [6, 6.07) is 1.75. The molecule has 1 aromatic rings. The Hall–Kier alpha value is -2.31. The fraction of sp³-hybridized carbons (Fsp3) is 0.632. The van der Waals surface area contributed by atoms with Gasteiger partial charge in [0.05, 0.1) is 11.3 Å². The SMILES string of the molecule is Cc1cc(/C(=C\N(C)C)C(=O)C2CCCN(C(=O)OC(C)(C)C)C2)on1. The van der Waals surface area contributed by atoms with Gasteiger partial charge in [0, 0.05) is 45.4 Å². The summed E-state index contributed by atoms with van der Waals surface area (Å²) in [7, 11) is 3.70. The summed E-state index contributed by atoms with van der Waals surface area (Å²) in [6.07, 6.45) is 2.87. The molecule has 0 spiro atoms. The second-order valence-corrected chi connectivity index (χ2v) is 7.97. The van der Waals surface area contributed by atoms with Gasteiger partial charge in [-0.15, -0.1) is 0 Å². The van der Waals surface area contributed by atoms with Crippen LogP contribution < -0.4 is 0 Å². The van der Waals surface area contributed by atoms with Gasteiger partial charge >= 0.3 is 6.09 Å². The first-order chi connectivity index (χ1) is 12.1. The summed E-state index contributed by atoms with van der Waals surface area (Å²) in [5, 5.41) is 3.88. The van der Waals surface area contributed by atoms with E-state index < -0.39 is 5.60 Å². The third kappa shape index (κ3) is 5.34. The molecular formula is C19H29N3O4. The van der Waals surface area contributed by atoms with E-state index in [4.69, 9.17) is 9.26 Å². The van der Waals surface area contributed by atoms with Crippen LogP contribution >= 0.6 is 0 Å². The molecule has 26 heavy (non-hydrogen) atoms. The fourth-order valence-electron chi connectivity index (χ4n) is 2.90. The first kappa shape index (κ1) is 20.0. The van der Waals surface area contributed by atoms with Crippen LogP contribution in [0.3, 0.4) is 0 Å². The molecule has 0 bridgehead atoms. The molecule has 1 unspecified atom stereocenters. The summed E-state index contributed by atoms with van der Waals surface area (Å²) >= 11 is 0. The van der Waals surface area contributed by atoms with Gasteiger partial charge in [0.1, 0.15) is 5.60 Å². The molecule has 0 N–H and O–H groups in total. The Balaban J connectivity index is 2.17. The lowest BCUT2D eigenvalue weighted by molar-refractivity contribution is -0.118. The maximum Gasteiger partial charge on any atom is 0.410 e. The van der Waals surface area contributed by atoms with E-state index in [0.717, 1.165) is 18.5 Å². The molecule has 1 saturated heterocycles. The van der Waals surface area contributed by atoms with E-state index in [2.05, 4.69) is 5.16 Å². The molecular weight excluding hydrogens is 334 g/mol. The number of Topliss-reactive ketones (excluding diaryl/α,β-unsaturated/α-hetero) is 1. The van der Waals surface area contributed by atoms with Crippen LogP contribution in [-0.2, 0) is 9.53 Å². The number of carbonyl (C=O) groups is 2. The molecule has 1 atom stereocenters. The third-order valence-corrected chi connectivity index (χ3v) is 3.99. The van der Waals surface area contributed by atoms with E-state index in [-0.39, 0.29) is 17.8 Å². The first-order valence-electron chi connectivity index (χ1n) is 8.91. The molecule has 1 fully saturated rings. The second-order valence-electron chi connectivity index (χ2n) is 7.97. The molecule has 1 aromatic heterocycles. The third-order valence-electron chi connectivity index (χ3n) is 3.99. The van der Waals surface area contributed by atoms with Crippen molar-refractivity contribution in [3.63, 3.8) is 0 Å². The minimum atomic E-state index is -0.554. The van der Waals surface area contributed by atoms with E-state index in [1.165, 1.54) is 0 Å². The van der Waals surface area contributed by atoms with Gasteiger partial charge in [-0.2, -0.15) is 0 Å². The monoisotopic (exact) mass is 363 g/mol. The van der Waals surface area contributed by atoms with Gasteiger partial charge < -0.3 is 19.1 Å². The van der Waals surface area contributed by atoms with Gasteiger partial charge in [0.15, 0.2) is 11.5 Å². The van der Waals surface area contributed by atoms with E-state index in [0.29, 0.717) is 24.4 Å². The molecule has 1 aliphatic rings. The van der Waals surface area contributed by atoms with Gasteiger partial charge in [-0.05, 0) is 40.5 Å². The minimum absolute atomic E-state index is 0.0388. The van der Waals surface area contributed by atoms with Crippen LogP contribution in [0.5, 0.6) is 0 Å². The van der Waals surface area contributed by atoms with Crippen molar-refractivity contribution in [2.75, 3.05) is 27.2 Å². The predicted octanol–water partition coefficient (Wildman–Crippen LogP) is 3.10. The van der Waals surface area contributed by atoms with Crippen molar-refractivity contribution in [2.45, 2.75) is 46.1 Å². The van der Waals surface area contributed by atoms with Gasteiger partial charge in [-0.3, -0.25) is 4.79 Å². The zero-order valence-electron chi connectivity index (χ0n) is 16.5. The average molecular weight is 363 g/mol. The van der Waals surface area contributed by atoms with Crippen LogP contribution in [0.2, 0.25) is 0 Å². The Labute approximate surface area is 154 Å². The number of rotatable bonds is 4. The van der Waals surface area contributed by atoms with Gasteiger partial charge in [-0.25, -0.2) is 4.79 Å². The number of piperidine rings is 1. The molecule has 1 amide bonds. The van der Waals surface area contributed by atoms with E-state index in [1.807, 2.05) is 41.8 Å². The normalized spacial score (nSPS) is 18.6. The molecule has 0 aliphatic carbocycles. The largest absolute Gasteiger partial charge is 0.444 e. The maximum absolute atomic E-state index is 13.1. The highest BCUT2D eigenvalue weighted by Crippen LogP contribution is 2.27. The number of likely N-dealkylation sites (tertiary alicyclic amines) is 1. The zero-order valence-corrected chi connectivity index (χ0v) is 16.5. The van der Waals surface area contributed by atoms with Crippen LogP contribution in [0.25, 0.3) is 5.57 Å². The number of hydrogen-bond donors (Lipinski definition) is 0. The van der Waals surface area contributed by atoms with Crippen LogP contribution in [0.1, 0.15) is 45.1 Å². The van der Waals surface area contributed by atoms with Crippen LogP contribution in [0, 0.1) is 12.8 Å². The summed E-state index contributed by atoms with van der Waals surface area (Å²) in [4.78, 5) is 28.9. The highest BCUT2D eigenvalue weighted by Gasteiger charge is 2.33. The number of aryl methyl sites for hydroxylation is 1. The topological polar surface area (TPSA) is 75.9 Å². The lowest BCUT2D eigenvalue weighted by Gasteiger charge is -2.33. The highest BCUT2D eigenvalue weighted by molar-refractivity contribution is 6.21. The van der Waals surface area contributed by atoms with E-state index >= 15 is 0 Å². The second kappa shape index (κ2) is 7.93. The summed E-state index contributed by atoms with van der Waals surface area (Å²) in [5.41, 5.74) is 0.643. The average Bonchev–Trinajstić information content (AvgIpc) is 2.96. The molecule has 7 heteroatoms. The number of ether oxygens (including phenoxy) is 1. The molecule has 2 rings (SSSR count). The zero-order chi connectivity index (χ0) is 19.5. The lowest BCUT2D eigenvalue weighted by Crippen LogP contribution is -2.44. The van der Waals surface area contributed by atoms with E-state index in [9.17, 15) is 9.59 Å². The Morgan fingerprint density at radius 3 is 2.62 bits per heavy atom. The minimum Gasteiger partial charge on any atom is -0.444 e. The number of allylic oxidation sites excluding steroid dienone is 1. The summed E-state index contributed by atoms with van der Waals surface area (Å²) < 4.78 is 10.8. The molecule has 0 aromatic carbocycles. The van der Waals surface area contributed by atoms with Crippen molar-refractivity contribution in [3.8, 4) is 0 Å². The van der Waals surface area contributed by atoms with Crippen LogP contribution in [0.4, 0.5) is 4.79 Å². The molecule has 0 saturated carbocycles. The Morgan fingerprint density at radius 2 is 2.08 bits per heavy atom. The molecule has 144 valence electrons. The van der Waals surface area contributed by atoms with Gasteiger partial charge in [0.2, 0.25) is 0 Å². The smallest absolute Gasteiger partial charge is 0.410 e. The quantitative estimate of drug-likeness (QED) is 0.765. The maximum atomic E-state index is 13.1. The summed E-state index contributed by atoms with van der Waals surface area (Å²) in [6.45, 7) is 8.28. The van der Waals surface area contributed by atoms with Crippen LogP contribution in [-0.4, -0.2) is 59.6 Å². The standard InChI is InChI=1S/C19H29N3O4/c1-13-10-16(26-20-13)15(12-21(5)6)17(23)14-8-7-9-22(11-14)18(24)25-19(2,3)4/h10,12,14H,7-9,11H2,1-6H3/b15-12+. The van der Waals surface area contributed by atoms with E-state index in [1.54, 1.807) is 22.1 Å². The number of aromatic nitrogens is 1. The van der Waals surface area contributed by atoms with Crippen molar-refractivity contribution in [1.29, 1.82) is 0 Å². The Bertz CT molecular complexity index is 685. The van der Waals surface area contributed by atoms with Crippen LogP contribution in [0.15, 0.2) is 16.8 Å². The fourth-order valence-corrected chi connectivity index (χ4v) is 2.90. The molecule has 0 radical (unpaired) electrons. The van der Waals surface area contributed by atoms with Crippen molar-refractivity contribution >= 4 is 17.4 Å². The number of ketones is 1. The molecule has 2 heterocycles. The van der Waals surface area contributed by atoms with Gasteiger partial charge in [-0.1, -0.05) is 5.16 Å². The Morgan fingerprint density at radius 1 is 1.38 bits per heavy atom. The number of amides is 1. The number of nitrogens with zero attached hydrogens (tertiary/aromatic N) is 3. The highest BCUT2D eigenvalue weighted by atomic mass is 16.6. The first-order valence-corrected chi connectivity index (χ1v) is 8.91. The lowest BCUT2D eigenvalue weighted by atomic mass is 9.89. The molecule has 1 aliphatic heterocycles. The van der Waals surface area contributed by atoms with Gasteiger partial charge in [0.25, 0.3) is 0 Å². The van der Waals surface area contributed by atoms with Crippen molar-refractivity contribution < 1.29 is 18.8 Å². The van der Waals surface area contributed by atoms with Crippen molar-refractivity contribution in [3.05, 3.63) is 23.7 Å². The van der Waals surface area contributed by atoms with Crippen molar-refractivity contribution in [2.24, 2.45) is 5.92 Å². The Kier molecular flexibility index (Phi) is 6.10. The van der Waals surface area contributed by atoms with Crippen molar-refractivity contribution in [1.82, 2.24) is 15.0 Å². The molecule has 7 nitrogen and oxygen atoms in total. The number of hydrogen-bond acceptors (Lipinski definition) is 6. The predicted molar refractivity (Wildman–Crippen MR) is 98.4 cm³/mol.